The quantitative estimate of drug-likeness (QED) is 0.530. The van der Waals surface area contributed by atoms with Gasteiger partial charge in [0.15, 0.2) is 0 Å². The number of methoxy groups -OCH3 is 1. The maximum atomic E-state index is 12.3. The van der Waals surface area contributed by atoms with E-state index in [2.05, 4.69) is 16.7 Å². The van der Waals surface area contributed by atoms with Crippen molar-refractivity contribution in [1.82, 2.24) is 9.55 Å². The van der Waals surface area contributed by atoms with Gasteiger partial charge in [0, 0.05) is 24.1 Å². The van der Waals surface area contributed by atoms with Crippen LogP contribution in [0.1, 0.15) is 62.0 Å². The summed E-state index contributed by atoms with van der Waals surface area (Å²) in [6.45, 7) is 1.95. The lowest BCUT2D eigenvalue weighted by atomic mass is 9.85. The summed E-state index contributed by atoms with van der Waals surface area (Å²) in [4.78, 5) is 31.0. The molecule has 7 heteroatoms. The van der Waals surface area contributed by atoms with E-state index in [-0.39, 0.29) is 24.0 Å². The predicted octanol–water partition coefficient (Wildman–Crippen LogP) is 5.35. The van der Waals surface area contributed by atoms with Crippen LogP contribution < -0.4 is 4.90 Å². The van der Waals surface area contributed by atoms with Gasteiger partial charge in [0.05, 0.1) is 29.7 Å². The third-order valence-electron chi connectivity index (χ3n) is 7.48. The summed E-state index contributed by atoms with van der Waals surface area (Å²) in [5.41, 5.74) is 4.84. The molecule has 3 atom stereocenters. The highest BCUT2D eigenvalue weighted by molar-refractivity contribution is 5.94. The molecule has 0 unspecified atom stereocenters. The zero-order valence-corrected chi connectivity index (χ0v) is 19.7. The summed E-state index contributed by atoms with van der Waals surface area (Å²) in [5, 5.41) is 9.85. The first-order chi connectivity index (χ1) is 16.5. The van der Waals surface area contributed by atoms with Gasteiger partial charge in [-0.25, -0.2) is 9.78 Å². The predicted molar refractivity (Wildman–Crippen MR) is 130 cm³/mol. The molecular formula is C27H31N3O4. The maximum Gasteiger partial charge on any atom is 0.412 e. The molecule has 2 aromatic carbocycles. The summed E-state index contributed by atoms with van der Waals surface area (Å²) < 4.78 is 7.38. The van der Waals surface area contributed by atoms with E-state index in [9.17, 15) is 14.7 Å². The second-order valence-corrected chi connectivity index (χ2v) is 9.57. The van der Waals surface area contributed by atoms with E-state index in [0.29, 0.717) is 6.42 Å². The Morgan fingerprint density at radius 3 is 2.65 bits per heavy atom. The summed E-state index contributed by atoms with van der Waals surface area (Å²) >= 11 is 0. The number of aryl methyl sites for hydroxylation is 1. The number of nitrogens with zero attached hydrogens (tertiary/aromatic N) is 3. The molecule has 178 valence electrons. The van der Waals surface area contributed by atoms with E-state index in [1.165, 1.54) is 17.6 Å². The molecule has 1 aliphatic carbocycles. The van der Waals surface area contributed by atoms with Crippen molar-refractivity contribution in [3.05, 3.63) is 59.4 Å². The van der Waals surface area contributed by atoms with Crippen LogP contribution in [0.3, 0.4) is 0 Å². The lowest BCUT2D eigenvalue weighted by Crippen LogP contribution is -2.41. The number of imidazole rings is 1. The number of anilines is 1. The van der Waals surface area contributed by atoms with Gasteiger partial charge in [0.1, 0.15) is 5.82 Å². The van der Waals surface area contributed by atoms with Crippen molar-refractivity contribution >= 4 is 28.8 Å². The van der Waals surface area contributed by atoms with Crippen LogP contribution in [0.5, 0.6) is 0 Å². The number of ether oxygens (including phenoxy) is 1. The van der Waals surface area contributed by atoms with E-state index in [0.717, 1.165) is 66.6 Å². The average molecular weight is 462 g/mol. The molecule has 1 saturated carbocycles. The fourth-order valence-electron chi connectivity index (χ4n) is 5.83. The van der Waals surface area contributed by atoms with Crippen LogP contribution in [0, 0.1) is 5.92 Å². The molecule has 1 N–H and O–H groups in total. The molecule has 2 heterocycles. The summed E-state index contributed by atoms with van der Waals surface area (Å²) in [7, 11) is 1.46. The first-order valence-electron chi connectivity index (χ1n) is 12.1. The number of amides is 1. The van der Waals surface area contributed by atoms with Crippen LogP contribution in [0.2, 0.25) is 0 Å². The number of hydrogen-bond donors (Lipinski definition) is 1. The summed E-state index contributed by atoms with van der Waals surface area (Å²) in [5.74, 6) is 0.722. The van der Waals surface area contributed by atoms with E-state index >= 15 is 0 Å². The van der Waals surface area contributed by atoms with Crippen LogP contribution in [-0.4, -0.2) is 39.9 Å². The SMILES string of the molecule is COC(=O)[C@@H]1CCC[C@@H](n2c(Cc3ccccc3)nc3c4c(ccc32)N(C(=O)O)[C@@H](C)CC4)C1. The number of hydrogen-bond acceptors (Lipinski definition) is 4. The van der Waals surface area contributed by atoms with Crippen molar-refractivity contribution in [2.45, 2.75) is 64.0 Å². The van der Waals surface area contributed by atoms with Crippen molar-refractivity contribution < 1.29 is 19.4 Å². The summed E-state index contributed by atoms with van der Waals surface area (Å²) in [6.07, 6.45) is 4.86. The molecule has 5 rings (SSSR count). The largest absolute Gasteiger partial charge is 0.469 e. The first-order valence-corrected chi connectivity index (χ1v) is 12.1. The molecule has 34 heavy (non-hydrogen) atoms. The van der Waals surface area contributed by atoms with E-state index in [4.69, 9.17) is 9.72 Å². The van der Waals surface area contributed by atoms with Crippen LogP contribution in [0.15, 0.2) is 42.5 Å². The van der Waals surface area contributed by atoms with Crippen molar-refractivity contribution in [1.29, 1.82) is 0 Å². The van der Waals surface area contributed by atoms with E-state index < -0.39 is 6.09 Å². The molecule has 0 radical (unpaired) electrons. The Morgan fingerprint density at radius 2 is 1.91 bits per heavy atom. The number of carbonyl (C=O) groups excluding carboxylic acids is 1. The monoisotopic (exact) mass is 461 g/mol. The third-order valence-corrected chi connectivity index (χ3v) is 7.48. The standard InChI is InChI=1S/C27H31N3O4/c1-17-11-12-21-22(29(17)27(32)33)13-14-23-25(21)28-24(15-18-7-4-3-5-8-18)30(23)20-10-6-9-19(16-20)26(31)34-2/h3-5,7-8,13-14,17,19-20H,6,9-12,15-16H2,1-2H3,(H,32,33)/t17-,19+,20+/m0/s1. The van der Waals surface area contributed by atoms with Crippen molar-refractivity contribution in [3.8, 4) is 0 Å². The Labute approximate surface area is 199 Å². The highest BCUT2D eigenvalue weighted by atomic mass is 16.5. The molecule has 0 saturated heterocycles. The number of carbonyl (C=O) groups is 2. The Morgan fingerprint density at radius 1 is 1.12 bits per heavy atom. The van der Waals surface area contributed by atoms with Gasteiger partial charge in [0.25, 0.3) is 0 Å². The highest BCUT2D eigenvalue weighted by Gasteiger charge is 2.34. The fraction of sp³-hybridized carbons (Fsp3) is 0.444. The number of carboxylic acid groups (broad SMARTS) is 1. The molecule has 0 spiro atoms. The maximum absolute atomic E-state index is 12.3. The molecule has 1 aliphatic heterocycles. The van der Waals surface area contributed by atoms with Crippen LogP contribution in [0.25, 0.3) is 11.0 Å². The second-order valence-electron chi connectivity index (χ2n) is 9.57. The van der Waals surface area contributed by atoms with Crippen LogP contribution in [-0.2, 0) is 22.4 Å². The molecule has 7 nitrogen and oxygen atoms in total. The zero-order chi connectivity index (χ0) is 23.8. The van der Waals surface area contributed by atoms with Crippen LogP contribution in [0.4, 0.5) is 10.5 Å². The van der Waals surface area contributed by atoms with Gasteiger partial charge >= 0.3 is 12.1 Å². The van der Waals surface area contributed by atoms with Gasteiger partial charge in [0.2, 0.25) is 0 Å². The minimum atomic E-state index is -0.926. The molecule has 1 fully saturated rings. The smallest absolute Gasteiger partial charge is 0.412 e. The van der Waals surface area contributed by atoms with Crippen molar-refractivity contribution in [3.63, 3.8) is 0 Å². The van der Waals surface area contributed by atoms with Gasteiger partial charge in [-0.3, -0.25) is 9.69 Å². The van der Waals surface area contributed by atoms with Gasteiger partial charge in [-0.1, -0.05) is 36.8 Å². The lowest BCUT2D eigenvalue weighted by molar-refractivity contribution is -0.147. The van der Waals surface area contributed by atoms with Gasteiger partial charge in [-0.15, -0.1) is 0 Å². The molecule has 1 amide bonds. The topological polar surface area (TPSA) is 84.7 Å². The first kappa shape index (κ1) is 22.4. The van der Waals surface area contributed by atoms with E-state index in [1.54, 1.807) is 0 Å². The Balaban J connectivity index is 1.64. The molecule has 1 aromatic heterocycles. The van der Waals surface area contributed by atoms with E-state index in [1.807, 2.05) is 37.3 Å². The number of rotatable bonds is 4. The Bertz CT molecular complexity index is 1220. The van der Waals surface area contributed by atoms with Crippen molar-refractivity contribution in [2.24, 2.45) is 5.92 Å². The number of fused-ring (bicyclic) bond motifs is 3. The minimum Gasteiger partial charge on any atom is -0.469 e. The van der Waals surface area contributed by atoms with Gasteiger partial charge in [-0.2, -0.15) is 0 Å². The normalized spacial score (nSPS) is 22.4. The van der Waals surface area contributed by atoms with Gasteiger partial charge < -0.3 is 14.4 Å². The Hall–Kier alpha value is -3.35. The molecule has 0 bridgehead atoms. The van der Waals surface area contributed by atoms with Crippen LogP contribution >= 0.6 is 0 Å². The zero-order valence-electron chi connectivity index (χ0n) is 19.7. The number of aromatic nitrogens is 2. The fourth-order valence-corrected chi connectivity index (χ4v) is 5.83. The van der Waals surface area contributed by atoms with Crippen molar-refractivity contribution in [2.75, 3.05) is 12.0 Å². The second kappa shape index (κ2) is 9.12. The minimum absolute atomic E-state index is 0.0625. The molecule has 3 aromatic rings. The Kier molecular flexibility index (Phi) is 6.02. The summed E-state index contributed by atoms with van der Waals surface area (Å²) in [6, 6.07) is 14.3. The number of benzene rings is 2. The average Bonchev–Trinajstić information content (AvgIpc) is 3.21. The molecular weight excluding hydrogens is 430 g/mol. The molecule has 2 aliphatic rings. The van der Waals surface area contributed by atoms with Gasteiger partial charge in [-0.05, 0) is 56.7 Å². The lowest BCUT2D eigenvalue weighted by Gasteiger charge is -2.33. The number of esters is 1. The highest BCUT2D eigenvalue weighted by Crippen LogP contribution is 2.40. The third kappa shape index (κ3) is 3.93.